The summed E-state index contributed by atoms with van der Waals surface area (Å²) < 4.78 is 17.1. The number of rotatable bonds is 0. The second kappa shape index (κ2) is 3.80. The predicted molar refractivity (Wildman–Crippen MR) is 53.0 cm³/mol. The average Bonchev–Trinajstić information content (AvgIpc) is 2.16. The van der Waals surface area contributed by atoms with Gasteiger partial charge >= 0.3 is 0 Å². The highest BCUT2D eigenvalue weighted by Crippen LogP contribution is 2.35. The third-order valence-corrected chi connectivity index (χ3v) is 3.69. The van der Waals surface area contributed by atoms with Crippen LogP contribution in [0.15, 0.2) is 0 Å². The highest BCUT2D eigenvalue weighted by molar-refractivity contribution is 4.89. The normalized spacial score (nSPS) is 54.0. The Morgan fingerprint density at radius 3 is 2.36 bits per heavy atom. The van der Waals surface area contributed by atoms with Crippen molar-refractivity contribution in [2.75, 3.05) is 6.61 Å². The second-order valence-corrected chi connectivity index (χ2v) is 4.60. The molecular formula is C11H20O3. The summed E-state index contributed by atoms with van der Waals surface area (Å²) in [4.78, 5) is 0. The first-order valence-electron chi connectivity index (χ1n) is 5.52. The Balaban J connectivity index is 2.08. The maximum absolute atomic E-state index is 5.87. The summed E-state index contributed by atoms with van der Waals surface area (Å²) in [6.07, 6.45) is 0.576. The van der Waals surface area contributed by atoms with Gasteiger partial charge in [-0.15, -0.1) is 0 Å². The molecule has 6 atom stereocenters. The SMILES string of the molecule is C[C@@H]1OC[C@H]2O[C@@H](C)[C@H](C)[C@@H](C)[C@@H]2O1. The molecule has 2 aliphatic heterocycles. The van der Waals surface area contributed by atoms with Crippen molar-refractivity contribution in [2.24, 2.45) is 11.8 Å². The minimum atomic E-state index is -0.0806. The molecule has 0 spiro atoms. The lowest BCUT2D eigenvalue weighted by Gasteiger charge is -2.47. The summed E-state index contributed by atoms with van der Waals surface area (Å²) in [7, 11) is 0. The predicted octanol–water partition coefficient (Wildman–Crippen LogP) is 1.81. The monoisotopic (exact) mass is 200 g/mol. The molecule has 0 radical (unpaired) electrons. The lowest BCUT2D eigenvalue weighted by atomic mass is 9.81. The molecule has 2 heterocycles. The third kappa shape index (κ3) is 1.69. The van der Waals surface area contributed by atoms with Crippen LogP contribution in [0.5, 0.6) is 0 Å². The molecule has 2 rings (SSSR count). The van der Waals surface area contributed by atoms with Crippen molar-refractivity contribution in [3.63, 3.8) is 0 Å². The summed E-state index contributed by atoms with van der Waals surface area (Å²) in [5.74, 6) is 1.11. The summed E-state index contributed by atoms with van der Waals surface area (Å²) in [6, 6.07) is 0. The zero-order valence-corrected chi connectivity index (χ0v) is 9.40. The number of ether oxygens (including phenoxy) is 3. The first kappa shape index (κ1) is 10.4. The molecule has 3 heteroatoms. The van der Waals surface area contributed by atoms with Crippen LogP contribution < -0.4 is 0 Å². The van der Waals surface area contributed by atoms with Gasteiger partial charge in [0.05, 0.1) is 18.8 Å². The van der Waals surface area contributed by atoms with Crippen LogP contribution in [0.25, 0.3) is 0 Å². The van der Waals surface area contributed by atoms with Crippen molar-refractivity contribution in [2.45, 2.75) is 52.3 Å². The van der Waals surface area contributed by atoms with Gasteiger partial charge in [-0.1, -0.05) is 13.8 Å². The standard InChI is InChI=1S/C11H20O3/c1-6-7(2)11-10(13-8(6)3)5-12-9(4)14-11/h6-11H,5H2,1-4H3/t6-,7-,8+,9-,10-,11+/m1/s1. The van der Waals surface area contributed by atoms with E-state index in [0.29, 0.717) is 24.5 Å². The fraction of sp³-hybridized carbons (Fsp3) is 1.00. The number of hydrogen-bond acceptors (Lipinski definition) is 3. The molecule has 0 aromatic rings. The first-order valence-corrected chi connectivity index (χ1v) is 5.52. The van der Waals surface area contributed by atoms with Crippen LogP contribution in [0.1, 0.15) is 27.7 Å². The Labute approximate surface area is 85.7 Å². The fourth-order valence-corrected chi connectivity index (χ4v) is 2.38. The zero-order valence-electron chi connectivity index (χ0n) is 9.40. The maximum atomic E-state index is 5.87. The quantitative estimate of drug-likeness (QED) is 0.597. The van der Waals surface area contributed by atoms with E-state index in [0.717, 1.165) is 0 Å². The van der Waals surface area contributed by atoms with E-state index in [1.54, 1.807) is 0 Å². The van der Waals surface area contributed by atoms with Gasteiger partial charge in [0.15, 0.2) is 6.29 Å². The molecule has 2 aliphatic rings. The van der Waals surface area contributed by atoms with Gasteiger partial charge < -0.3 is 14.2 Å². The topological polar surface area (TPSA) is 27.7 Å². The average molecular weight is 200 g/mol. The Morgan fingerprint density at radius 1 is 0.929 bits per heavy atom. The van der Waals surface area contributed by atoms with E-state index < -0.39 is 0 Å². The van der Waals surface area contributed by atoms with E-state index in [4.69, 9.17) is 14.2 Å². The summed E-state index contributed by atoms with van der Waals surface area (Å²) in [5, 5.41) is 0. The Morgan fingerprint density at radius 2 is 1.64 bits per heavy atom. The first-order chi connectivity index (χ1) is 6.59. The van der Waals surface area contributed by atoms with E-state index >= 15 is 0 Å². The van der Waals surface area contributed by atoms with Crippen LogP contribution in [0, 0.1) is 11.8 Å². The highest BCUT2D eigenvalue weighted by Gasteiger charge is 2.43. The van der Waals surface area contributed by atoms with Gasteiger partial charge in [-0.3, -0.25) is 0 Å². The van der Waals surface area contributed by atoms with Gasteiger partial charge in [-0.25, -0.2) is 0 Å². The molecule has 2 saturated heterocycles. The molecule has 0 N–H and O–H groups in total. The van der Waals surface area contributed by atoms with Crippen molar-refractivity contribution in [3.8, 4) is 0 Å². The fourth-order valence-electron chi connectivity index (χ4n) is 2.38. The highest BCUT2D eigenvalue weighted by atomic mass is 16.7. The van der Waals surface area contributed by atoms with Gasteiger partial charge in [0.25, 0.3) is 0 Å². The molecule has 14 heavy (non-hydrogen) atoms. The lowest BCUT2D eigenvalue weighted by Crippen LogP contribution is -2.55. The molecule has 82 valence electrons. The smallest absolute Gasteiger partial charge is 0.155 e. The van der Waals surface area contributed by atoms with E-state index in [9.17, 15) is 0 Å². The minimum Gasteiger partial charge on any atom is -0.370 e. The largest absolute Gasteiger partial charge is 0.370 e. The van der Waals surface area contributed by atoms with E-state index in [1.165, 1.54) is 0 Å². The molecule has 0 aromatic carbocycles. The molecular weight excluding hydrogens is 180 g/mol. The molecule has 0 amide bonds. The van der Waals surface area contributed by atoms with Gasteiger partial charge in [0.2, 0.25) is 0 Å². The zero-order chi connectivity index (χ0) is 10.3. The van der Waals surface area contributed by atoms with Crippen LogP contribution in [0.4, 0.5) is 0 Å². The molecule has 2 fully saturated rings. The van der Waals surface area contributed by atoms with E-state index in [2.05, 4.69) is 20.8 Å². The summed E-state index contributed by atoms with van der Waals surface area (Å²) >= 11 is 0. The second-order valence-electron chi connectivity index (χ2n) is 4.60. The van der Waals surface area contributed by atoms with Gasteiger partial charge in [0, 0.05) is 0 Å². The number of hydrogen-bond donors (Lipinski definition) is 0. The Bertz CT molecular complexity index is 205. The van der Waals surface area contributed by atoms with Crippen molar-refractivity contribution < 1.29 is 14.2 Å². The molecule has 0 aromatic heterocycles. The number of fused-ring (bicyclic) bond motifs is 1. The van der Waals surface area contributed by atoms with E-state index in [-0.39, 0.29) is 18.5 Å². The van der Waals surface area contributed by atoms with Gasteiger partial charge in [-0.2, -0.15) is 0 Å². The van der Waals surface area contributed by atoms with Crippen LogP contribution in [0.3, 0.4) is 0 Å². The Kier molecular flexibility index (Phi) is 2.82. The third-order valence-electron chi connectivity index (χ3n) is 3.69. The molecule has 3 nitrogen and oxygen atoms in total. The Hall–Kier alpha value is -0.120. The van der Waals surface area contributed by atoms with Crippen molar-refractivity contribution in [3.05, 3.63) is 0 Å². The molecule has 0 bridgehead atoms. The van der Waals surface area contributed by atoms with E-state index in [1.807, 2.05) is 6.92 Å². The van der Waals surface area contributed by atoms with Crippen molar-refractivity contribution in [1.29, 1.82) is 0 Å². The van der Waals surface area contributed by atoms with Crippen LogP contribution in [-0.4, -0.2) is 31.2 Å². The van der Waals surface area contributed by atoms with Crippen molar-refractivity contribution in [1.82, 2.24) is 0 Å². The molecule has 0 unspecified atom stereocenters. The van der Waals surface area contributed by atoms with Gasteiger partial charge in [-0.05, 0) is 25.7 Å². The summed E-state index contributed by atoms with van der Waals surface area (Å²) in [5.41, 5.74) is 0. The molecule has 0 aliphatic carbocycles. The molecule has 0 saturated carbocycles. The van der Waals surface area contributed by atoms with Crippen molar-refractivity contribution >= 4 is 0 Å². The maximum Gasteiger partial charge on any atom is 0.155 e. The van der Waals surface area contributed by atoms with Crippen LogP contribution in [0.2, 0.25) is 0 Å². The lowest BCUT2D eigenvalue weighted by molar-refractivity contribution is -0.298. The van der Waals surface area contributed by atoms with Crippen LogP contribution in [-0.2, 0) is 14.2 Å². The summed E-state index contributed by atoms with van der Waals surface area (Å²) in [6.45, 7) is 9.24. The van der Waals surface area contributed by atoms with Crippen LogP contribution >= 0.6 is 0 Å². The minimum absolute atomic E-state index is 0.0806. The van der Waals surface area contributed by atoms with Gasteiger partial charge in [0.1, 0.15) is 6.10 Å².